The summed E-state index contributed by atoms with van der Waals surface area (Å²) < 4.78 is 5.23. The van der Waals surface area contributed by atoms with E-state index in [1.807, 2.05) is 30.5 Å². The quantitative estimate of drug-likeness (QED) is 0.606. The van der Waals surface area contributed by atoms with Crippen LogP contribution >= 0.6 is 11.8 Å². The summed E-state index contributed by atoms with van der Waals surface area (Å²) in [6.07, 6.45) is 5.09. The van der Waals surface area contributed by atoms with Gasteiger partial charge in [-0.15, -0.1) is 0 Å². The molecular weight excluding hydrogens is 436 g/mol. The molecule has 1 fully saturated rings. The van der Waals surface area contributed by atoms with Crippen LogP contribution in [0.3, 0.4) is 0 Å². The maximum absolute atomic E-state index is 12.4. The molecular formula is C24H28N6O2S. The monoisotopic (exact) mass is 464 g/mol. The molecule has 0 spiro atoms. The second-order valence-corrected chi connectivity index (χ2v) is 9.34. The van der Waals surface area contributed by atoms with Crippen molar-refractivity contribution in [3.63, 3.8) is 0 Å². The number of methoxy groups -OCH3 is 1. The van der Waals surface area contributed by atoms with E-state index in [4.69, 9.17) is 4.74 Å². The Kier molecular flexibility index (Phi) is 6.15. The Bertz CT molecular complexity index is 1070. The van der Waals surface area contributed by atoms with Crippen molar-refractivity contribution in [2.24, 2.45) is 5.10 Å². The number of fused-ring (bicyclic) bond motifs is 3. The molecule has 3 heterocycles. The van der Waals surface area contributed by atoms with E-state index in [9.17, 15) is 4.79 Å². The lowest BCUT2D eigenvalue weighted by atomic mass is 9.99. The maximum atomic E-state index is 12.4. The molecule has 3 aliphatic heterocycles. The van der Waals surface area contributed by atoms with Crippen molar-refractivity contribution in [3.05, 3.63) is 77.6 Å². The topological polar surface area (TPSA) is 81.2 Å². The number of ether oxygens (including phenoxy) is 1. The SMILES string of the molecule is COc1cccc(CNC(=O)CSC2=NNC3C4CC(c5ccc(C)cc5)NN4C=CN23)c1. The van der Waals surface area contributed by atoms with Gasteiger partial charge in [-0.3, -0.25) is 10.2 Å². The highest BCUT2D eigenvalue weighted by Gasteiger charge is 2.44. The van der Waals surface area contributed by atoms with Gasteiger partial charge < -0.3 is 20.0 Å². The van der Waals surface area contributed by atoms with Crippen molar-refractivity contribution in [2.45, 2.75) is 38.1 Å². The first-order chi connectivity index (χ1) is 16.1. The zero-order chi connectivity index (χ0) is 22.8. The van der Waals surface area contributed by atoms with Crippen LogP contribution in [0.1, 0.15) is 29.2 Å². The number of hydrazine groups is 1. The number of thioether (sulfide) groups is 1. The average molecular weight is 465 g/mol. The number of hydrogen-bond acceptors (Lipinski definition) is 8. The number of aryl methyl sites for hydroxylation is 1. The fourth-order valence-corrected chi connectivity index (χ4v) is 5.13. The summed E-state index contributed by atoms with van der Waals surface area (Å²) in [6, 6.07) is 16.9. The van der Waals surface area contributed by atoms with E-state index in [2.05, 4.69) is 68.6 Å². The third-order valence-corrected chi connectivity index (χ3v) is 7.11. The zero-order valence-electron chi connectivity index (χ0n) is 18.7. The van der Waals surface area contributed by atoms with Crippen LogP contribution in [0.2, 0.25) is 0 Å². The molecule has 0 aromatic heterocycles. The summed E-state index contributed by atoms with van der Waals surface area (Å²) in [5, 5.41) is 10.5. The summed E-state index contributed by atoms with van der Waals surface area (Å²) >= 11 is 1.44. The first kappa shape index (κ1) is 21.7. The molecule has 172 valence electrons. The van der Waals surface area contributed by atoms with Crippen LogP contribution < -0.4 is 20.9 Å². The smallest absolute Gasteiger partial charge is 0.230 e. The predicted octanol–water partition coefficient (Wildman–Crippen LogP) is 2.66. The molecule has 3 N–H and O–H groups in total. The molecule has 2 aromatic carbocycles. The van der Waals surface area contributed by atoms with Crippen molar-refractivity contribution in [2.75, 3.05) is 12.9 Å². The van der Waals surface area contributed by atoms with Crippen LogP contribution in [-0.2, 0) is 11.3 Å². The highest BCUT2D eigenvalue weighted by Crippen LogP contribution is 2.35. The molecule has 0 bridgehead atoms. The van der Waals surface area contributed by atoms with Gasteiger partial charge in [0, 0.05) is 18.9 Å². The standard InChI is InChI=1S/C24H28N6O2S/c1-16-6-8-18(9-7-16)20-13-21-23-26-27-24(29(23)10-11-30(21)28-20)33-15-22(31)25-14-17-4-3-5-19(12-17)32-2/h3-12,20-21,23,26,28H,13-15H2,1-2H3,(H,25,31). The minimum Gasteiger partial charge on any atom is -0.497 e. The minimum atomic E-state index is -0.0291. The number of hydrazone groups is 1. The van der Waals surface area contributed by atoms with Gasteiger partial charge in [0.2, 0.25) is 5.91 Å². The molecule has 3 atom stereocenters. The van der Waals surface area contributed by atoms with Gasteiger partial charge in [0.05, 0.1) is 24.9 Å². The van der Waals surface area contributed by atoms with Gasteiger partial charge in [-0.1, -0.05) is 53.7 Å². The molecule has 3 aliphatic rings. The molecule has 5 rings (SSSR count). The first-order valence-corrected chi connectivity index (χ1v) is 12.0. The van der Waals surface area contributed by atoms with Gasteiger partial charge in [-0.2, -0.15) is 5.10 Å². The number of nitrogens with one attached hydrogen (secondary N) is 3. The number of carbonyl (C=O) groups is 1. The number of amidine groups is 1. The molecule has 0 aliphatic carbocycles. The lowest BCUT2D eigenvalue weighted by molar-refractivity contribution is -0.118. The van der Waals surface area contributed by atoms with Crippen molar-refractivity contribution >= 4 is 22.8 Å². The minimum absolute atomic E-state index is 0.0291. The van der Waals surface area contributed by atoms with Crippen LogP contribution in [0.25, 0.3) is 0 Å². The molecule has 33 heavy (non-hydrogen) atoms. The third kappa shape index (κ3) is 4.65. The average Bonchev–Trinajstić information content (AvgIpc) is 3.46. The maximum Gasteiger partial charge on any atom is 0.230 e. The van der Waals surface area contributed by atoms with Gasteiger partial charge in [-0.25, -0.2) is 5.43 Å². The largest absolute Gasteiger partial charge is 0.497 e. The Balaban J connectivity index is 1.13. The van der Waals surface area contributed by atoms with Crippen LogP contribution in [0.4, 0.5) is 0 Å². The van der Waals surface area contributed by atoms with E-state index < -0.39 is 0 Å². The first-order valence-electron chi connectivity index (χ1n) is 11.0. The van der Waals surface area contributed by atoms with Crippen molar-refractivity contribution in [1.29, 1.82) is 0 Å². The van der Waals surface area contributed by atoms with Gasteiger partial charge >= 0.3 is 0 Å². The van der Waals surface area contributed by atoms with E-state index in [-0.39, 0.29) is 24.2 Å². The number of nitrogens with zero attached hydrogens (tertiary/aromatic N) is 3. The molecule has 0 radical (unpaired) electrons. The Morgan fingerprint density at radius 1 is 1.24 bits per heavy atom. The molecule has 8 nitrogen and oxygen atoms in total. The molecule has 2 aromatic rings. The summed E-state index contributed by atoms with van der Waals surface area (Å²) in [5.41, 5.74) is 10.4. The third-order valence-electron chi connectivity index (χ3n) is 6.14. The number of amides is 1. The molecule has 9 heteroatoms. The molecule has 1 saturated heterocycles. The van der Waals surface area contributed by atoms with E-state index in [1.54, 1.807) is 7.11 Å². The van der Waals surface area contributed by atoms with Crippen molar-refractivity contribution in [3.8, 4) is 5.75 Å². The van der Waals surface area contributed by atoms with Crippen molar-refractivity contribution < 1.29 is 9.53 Å². The van der Waals surface area contributed by atoms with Crippen molar-refractivity contribution in [1.82, 2.24) is 26.1 Å². The van der Waals surface area contributed by atoms with Gasteiger partial charge in [0.15, 0.2) is 5.17 Å². The van der Waals surface area contributed by atoms with Crippen LogP contribution in [0.5, 0.6) is 5.75 Å². The van der Waals surface area contributed by atoms with E-state index in [1.165, 1.54) is 22.9 Å². The predicted molar refractivity (Wildman–Crippen MR) is 130 cm³/mol. The Morgan fingerprint density at radius 2 is 2.09 bits per heavy atom. The summed E-state index contributed by atoms with van der Waals surface area (Å²) in [4.78, 5) is 14.5. The second kappa shape index (κ2) is 9.36. The van der Waals surface area contributed by atoms with Gasteiger partial charge in [0.25, 0.3) is 0 Å². The highest BCUT2D eigenvalue weighted by molar-refractivity contribution is 8.14. The lowest BCUT2D eigenvalue weighted by Gasteiger charge is -2.36. The highest BCUT2D eigenvalue weighted by atomic mass is 32.2. The Labute approximate surface area is 198 Å². The number of hydrogen-bond donors (Lipinski definition) is 3. The van der Waals surface area contributed by atoms with E-state index >= 15 is 0 Å². The van der Waals surface area contributed by atoms with Gasteiger partial charge in [-0.05, 0) is 36.6 Å². The molecule has 0 saturated carbocycles. The second-order valence-electron chi connectivity index (χ2n) is 8.39. The molecule has 1 amide bonds. The van der Waals surface area contributed by atoms with Gasteiger partial charge in [0.1, 0.15) is 11.9 Å². The molecule has 3 unspecified atom stereocenters. The summed E-state index contributed by atoms with van der Waals surface area (Å²) in [6.45, 7) is 2.57. The van der Waals surface area contributed by atoms with Crippen LogP contribution in [0, 0.1) is 6.92 Å². The summed E-state index contributed by atoms with van der Waals surface area (Å²) in [7, 11) is 1.64. The van der Waals surface area contributed by atoms with Crippen LogP contribution in [0.15, 0.2) is 66.0 Å². The number of rotatable bonds is 6. The lowest BCUT2D eigenvalue weighted by Crippen LogP contribution is -2.54. The van der Waals surface area contributed by atoms with Crippen LogP contribution in [-0.4, -0.2) is 46.1 Å². The zero-order valence-corrected chi connectivity index (χ0v) is 19.5. The Hall–Kier alpha value is -3.17. The fourth-order valence-electron chi connectivity index (χ4n) is 4.33. The van der Waals surface area contributed by atoms with E-state index in [0.29, 0.717) is 12.3 Å². The summed E-state index contributed by atoms with van der Waals surface area (Å²) in [5.74, 6) is 1.06. The number of benzene rings is 2. The Morgan fingerprint density at radius 3 is 2.91 bits per heavy atom. The van der Waals surface area contributed by atoms with E-state index in [0.717, 1.165) is 22.9 Å². The number of carbonyl (C=O) groups excluding carboxylic acids is 1. The fraction of sp³-hybridized carbons (Fsp3) is 0.333. The normalized spacial score (nSPS) is 23.0.